The number of hydrogen-bond acceptors (Lipinski definition) is 5. The highest BCUT2D eigenvalue weighted by atomic mass is 35.5. The van der Waals surface area contributed by atoms with E-state index in [4.69, 9.17) is 11.6 Å². The van der Waals surface area contributed by atoms with Gasteiger partial charge in [0.2, 0.25) is 0 Å². The van der Waals surface area contributed by atoms with Gasteiger partial charge in [-0.15, -0.1) is 0 Å². The summed E-state index contributed by atoms with van der Waals surface area (Å²) in [6, 6.07) is 10.2. The predicted molar refractivity (Wildman–Crippen MR) is 124 cm³/mol. The standard InChI is InChI=1S/C24H19ClFN7O/c1-15-8-16(17-10-29-32(12-17)19-4-2-18(26)3-5-19)9-28-22(15)31-23(34)21-20(25)11-30-33(21)14-24(13-27)6-7-24/h2-5,8-12H,6-7,14H2,1H3,(H,28,31,34). The number of nitriles is 1. The van der Waals surface area contributed by atoms with Gasteiger partial charge in [-0.3, -0.25) is 9.48 Å². The minimum Gasteiger partial charge on any atom is -0.305 e. The zero-order valence-corrected chi connectivity index (χ0v) is 18.9. The number of nitrogens with zero attached hydrogens (tertiary/aromatic N) is 6. The van der Waals surface area contributed by atoms with Gasteiger partial charge in [0, 0.05) is 23.5 Å². The van der Waals surface area contributed by atoms with Crippen molar-refractivity contribution in [2.75, 3.05) is 5.32 Å². The third-order valence-corrected chi connectivity index (χ3v) is 6.15. The third-order valence-electron chi connectivity index (χ3n) is 5.87. The van der Waals surface area contributed by atoms with Gasteiger partial charge in [-0.25, -0.2) is 14.1 Å². The Hall–Kier alpha value is -4.03. The molecule has 5 rings (SSSR count). The first-order valence-electron chi connectivity index (χ1n) is 10.6. The molecule has 0 unspecified atom stereocenters. The van der Waals surface area contributed by atoms with E-state index >= 15 is 0 Å². The second-order valence-electron chi connectivity index (χ2n) is 8.38. The van der Waals surface area contributed by atoms with Crippen LogP contribution in [0.25, 0.3) is 16.8 Å². The first-order valence-corrected chi connectivity index (χ1v) is 11.0. The summed E-state index contributed by atoms with van der Waals surface area (Å²) in [6.07, 6.45) is 8.13. The molecule has 34 heavy (non-hydrogen) atoms. The third kappa shape index (κ3) is 4.16. The molecule has 0 saturated heterocycles. The molecule has 0 spiro atoms. The van der Waals surface area contributed by atoms with Crippen LogP contribution >= 0.6 is 11.6 Å². The van der Waals surface area contributed by atoms with Crippen LogP contribution in [-0.2, 0) is 6.54 Å². The summed E-state index contributed by atoms with van der Waals surface area (Å²) in [6.45, 7) is 2.16. The van der Waals surface area contributed by atoms with Crippen molar-refractivity contribution in [1.29, 1.82) is 5.26 Å². The van der Waals surface area contributed by atoms with E-state index in [2.05, 4.69) is 26.6 Å². The number of benzene rings is 1. The number of anilines is 1. The van der Waals surface area contributed by atoms with E-state index < -0.39 is 11.3 Å². The van der Waals surface area contributed by atoms with E-state index in [0.717, 1.165) is 35.2 Å². The van der Waals surface area contributed by atoms with Crippen LogP contribution < -0.4 is 5.32 Å². The number of aryl methyl sites for hydroxylation is 1. The summed E-state index contributed by atoms with van der Waals surface area (Å²) >= 11 is 6.23. The van der Waals surface area contributed by atoms with Crippen molar-refractivity contribution in [1.82, 2.24) is 24.5 Å². The number of pyridine rings is 1. The summed E-state index contributed by atoms with van der Waals surface area (Å²) in [5, 5.41) is 20.9. The number of rotatable bonds is 6. The molecule has 1 fully saturated rings. The van der Waals surface area contributed by atoms with E-state index in [1.807, 2.05) is 19.2 Å². The summed E-state index contributed by atoms with van der Waals surface area (Å²) in [5.41, 5.74) is 2.85. The first-order chi connectivity index (χ1) is 16.4. The van der Waals surface area contributed by atoms with Crippen molar-refractivity contribution in [2.24, 2.45) is 5.41 Å². The molecule has 1 amide bonds. The molecule has 4 aromatic rings. The average Bonchev–Trinajstić information content (AvgIpc) is 3.25. The van der Waals surface area contributed by atoms with Crippen LogP contribution in [-0.4, -0.2) is 30.5 Å². The lowest BCUT2D eigenvalue weighted by Crippen LogP contribution is -2.22. The van der Waals surface area contributed by atoms with Gasteiger partial charge in [0.05, 0.1) is 41.1 Å². The summed E-state index contributed by atoms with van der Waals surface area (Å²) in [5.74, 6) is -0.358. The molecule has 1 aliphatic carbocycles. The van der Waals surface area contributed by atoms with Crippen LogP contribution in [0.5, 0.6) is 0 Å². The van der Waals surface area contributed by atoms with Crippen LogP contribution in [0.4, 0.5) is 10.2 Å². The van der Waals surface area contributed by atoms with Gasteiger partial charge in [0.1, 0.15) is 17.3 Å². The van der Waals surface area contributed by atoms with E-state index in [1.165, 1.54) is 23.0 Å². The van der Waals surface area contributed by atoms with Crippen molar-refractivity contribution in [3.63, 3.8) is 0 Å². The lowest BCUT2D eigenvalue weighted by atomic mass is 10.1. The van der Waals surface area contributed by atoms with Crippen molar-refractivity contribution in [2.45, 2.75) is 26.3 Å². The second-order valence-corrected chi connectivity index (χ2v) is 8.79. The highest BCUT2D eigenvalue weighted by molar-refractivity contribution is 6.34. The lowest BCUT2D eigenvalue weighted by Gasteiger charge is -2.12. The molecule has 170 valence electrons. The number of nitrogens with one attached hydrogen (secondary N) is 1. The Balaban J connectivity index is 1.34. The highest BCUT2D eigenvalue weighted by Gasteiger charge is 2.44. The highest BCUT2D eigenvalue weighted by Crippen LogP contribution is 2.46. The normalized spacial score (nSPS) is 13.9. The second kappa shape index (κ2) is 8.39. The Morgan fingerprint density at radius 1 is 1.21 bits per heavy atom. The smallest absolute Gasteiger partial charge is 0.276 e. The Bertz CT molecular complexity index is 1430. The molecule has 0 atom stereocenters. The van der Waals surface area contributed by atoms with Gasteiger partial charge in [-0.2, -0.15) is 15.5 Å². The largest absolute Gasteiger partial charge is 0.305 e. The molecule has 3 heterocycles. The fourth-order valence-corrected chi connectivity index (χ4v) is 3.92. The van der Waals surface area contributed by atoms with E-state index in [0.29, 0.717) is 12.4 Å². The Kier molecular flexibility index (Phi) is 5.38. The molecular weight excluding hydrogens is 457 g/mol. The first kappa shape index (κ1) is 21.8. The zero-order valence-electron chi connectivity index (χ0n) is 18.2. The number of carbonyl (C=O) groups excluding carboxylic acids is 1. The minimum absolute atomic E-state index is 0.203. The summed E-state index contributed by atoms with van der Waals surface area (Å²) in [7, 11) is 0. The van der Waals surface area contributed by atoms with Gasteiger partial charge in [0.25, 0.3) is 5.91 Å². The Labute approximate surface area is 199 Å². The monoisotopic (exact) mass is 475 g/mol. The molecule has 1 N–H and O–H groups in total. The van der Waals surface area contributed by atoms with Crippen molar-refractivity contribution in [3.8, 4) is 22.9 Å². The van der Waals surface area contributed by atoms with Gasteiger partial charge in [0.15, 0.2) is 0 Å². The van der Waals surface area contributed by atoms with Gasteiger partial charge >= 0.3 is 0 Å². The van der Waals surface area contributed by atoms with Gasteiger partial charge in [-0.1, -0.05) is 11.6 Å². The van der Waals surface area contributed by atoms with Crippen LogP contribution in [0.1, 0.15) is 28.9 Å². The maximum atomic E-state index is 13.2. The van der Waals surface area contributed by atoms with E-state index in [9.17, 15) is 14.4 Å². The van der Waals surface area contributed by atoms with Gasteiger partial charge in [-0.05, 0) is 55.7 Å². The fourth-order valence-electron chi connectivity index (χ4n) is 3.69. The van der Waals surface area contributed by atoms with Gasteiger partial charge < -0.3 is 5.32 Å². The Morgan fingerprint density at radius 2 is 1.97 bits per heavy atom. The SMILES string of the molecule is Cc1cc(-c2cnn(-c3ccc(F)cc3)c2)cnc1NC(=O)c1c(Cl)cnn1CC1(C#N)CC1. The minimum atomic E-state index is -0.474. The molecule has 1 saturated carbocycles. The fraction of sp³-hybridized carbons (Fsp3) is 0.208. The quantitative estimate of drug-likeness (QED) is 0.432. The van der Waals surface area contributed by atoms with E-state index in [-0.39, 0.29) is 16.5 Å². The maximum Gasteiger partial charge on any atom is 0.276 e. The van der Waals surface area contributed by atoms with Crippen LogP contribution in [0.3, 0.4) is 0 Å². The molecule has 0 bridgehead atoms. The molecule has 8 nitrogen and oxygen atoms in total. The topological polar surface area (TPSA) is 101 Å². The average molecular weight is 476 g/mol. The molecule has 0 aliphatic heterocycles. The maximum absolute atomic E-state index is 13.2. The summed E-state index contributed by atoms with van der Waals surface area (Å²) < 4.78 is 16.3. The summed E-state index contributed by atoms with van der Waals surface area (Å²) in [4.78, 5) is 17.4. The van der Waals surface area contributed by atoms with Crippen molar-refractivity contribution < 1.29 is 9.18 Å². The molecule has 10 heteroatoms. The zero-order chi connectivity index (χ0) is 23.9. The van der Waals surface area contributed by atoms with Crippen molar-refractivity contribution >= 4 is 23.3 Å². The number of halogens is 2. The lowest BCUT2D eigenvalue weighted by molar-refractivity contribution is 0.101. The number of carbonyl (C=O) groups is 1. The van der Waals surface area contributed by atoms with Crippen LogP contribution in [0.15, 0.2) is 55.1 Å². The number of aromatic nitrogens is 5. The van der Waals surface area contributed by atoms with Crippen molar-refractivity contribution in [3.05, 3.63) is 77.2 Å². The van der Waals surface area contributed by atoms with Crippen LogP contribution in [0.2, 0.25) is 5.02 Å². The molecule has 0 radical (unpaired) electrons. The van der Waals surface area contributed by atoms with E-state index in [1.54, 1.807) is 29.2 Å². The molecule has 1 aromatic carbocycles. The molecule has 3 aromatic heterocycles. The predicted octanol–water partition coefficient (Wildman–Crippen LogP) is 4.79. The number of hydrogen-bond donors (Lipinski definition) is 1. The molecule has 1 aliphatic rings. The Morgan fingerprint density at radius 3 is 2.65 bits per heavy atom. The van der Waals surface area contributed by atoms with Crippen LogP contribution in [0, 0.1) is 29.5 Å². The number of amides is 1. The molecular formula is C24H19ClFN7O.